The molecule has 3 N–H and O–H groups in total. The van der Waals surface area contributed by atoms with E-state index in [2.05, 4.69) is 10.3 Å². The van der Waals surface area contributed by atoms with Crippen molar-refractivity contribution in [3.8, 4) is 0 Å². The Labute approximate surface area is 124 Å². The molecule has 0 aliphatic rings. The quantitative estimate of drug-likeness (QED) is 0.486. The van der Waals surface area contributed by atoms with Gasteiger partial charge in [-0.1, -0.05) is 17.7 Å². The van der Waals surface area contributed by atoms with Crippen LogP contribution in [0.3, 0.4) is 0 Å². The summed E-state index contributed by atoms with van der Waals surface area (Å²) in [6, 6.07) is 7.76. The molecular formula is C12H19IN4O. The minimum atomic E-state index is -0.0846. The van der Waals surface area contributed by atoms with Crippen molar-refractivity contribution in [2.45, 2.75) is 6.92 Å². The number of nitrogens with two attached hydrogens (primary N) is 1. The minimum absolute atomic E-state index is 0. The smallest absolute Gasteiger partial charge is 0.243 e. The first-order chi connectivity index (χ1) is 7.99. The maximum absolute atomic E-state index is 11.3. The highest BCUT2D eigenvalue weighted by atomic mass is 127. The van der Waals surface area contributed by atoms with E-state index in [9.17, 15) is 4.79 Å². The SMILES string of the molecule is Cc1ccc(NC(N)=NCC(=O)N(C)C)cc1.I. The van der Waals surface area contributed by atoms with Crippen molar-refractivity contribution in [1.82, 2.24) is 4.90 Å². The molecule has 6 heteroatoms. The number of carbonyl (C=O) groups excluding carboxylic acids is 1. The van der Waals surface area contributed by atoms with Gasteiger partial charge in [-0.2, -0.15) is 0 Å². The molecule has 0 saturated carbocycles. The number of nitrogens with one attached hydrogen (secondary N) is 1. The summed E-state index contributed by atoms with van der Waals surface area (Å²) in [5.74, 6) is 0.155. The van der Waals surface area contributed by atoms with E-state index < -0.39 is 0 Å². The van der Waals surface area contributed by atoms with Crippen molar-refractivity contribution in [2.75, 3.05) is 26.0 Å². The molecule has 1 rings (SSSR count). The van der Waals surface area contributed by atoms with Crippen LogP contribution in [0.2, 0.25) is 0 Å². The van der Waals surface area contributed by atoms with Crippen LogP contribution in [0.25, 0.3) is 0 Å². The fourth-order valence-corrected chi connectivity index (χ4v) is 1.12. The fraction of sp³-hybridized carbons (Fsp3) is 0.333. The number of guanidine groups is 1. The van der Waals surface area contributed by atoms with E-state index in [0.717, 1.165) is 5.69 Å². The van der Waals surface area contributed by atoms with E-state index >= 15 is 0 Å². The van der Waals surface area contributed by atoms with Crippen LogP contribution in [0.1, 0.15) is 5.56 Å². The first-order valence-corrected chi connectivity index (χ1v) is 5.33. The Morgan fingerprint density at radius 1 is 1.33 bits per heavy atom. The topological polar surface area (TPSA) is 70.7 Å². The molecule has 100 valence electrons. The van der Waals surface area contributed by atoms with Gasteiger partial charge in [0.2, 0.25) is 5.91 Å². The lowest BCUT2D eigenvalue weighted by atomic mass is 10.2. The monoisotopic (exact) mass is 362 g/mol. The predicted molar refractivity (Wildman–Crippen MR) is 85.4 cm³/mol. The van der Waals surface area contributed by atoms with E-state index in [-0.39, 0.29) is 42.4 Å². The molecule has 5 nitrogen and oxygen atoms in total. The lowest BCUT2D eigenvalue weighted by Crippen LogP contribution is -2.28. The first kappa shape index (κ1) is 16.7. The summed E-state index contributed by atoms with van der Waals surface area (Å²) in [6.45, 7) is 2.06. The van der Waals surface area contributed by atoms with Gasteiger partial charge in [-0.15, -0.1) is 24.0 Å². The zero-order chi connectivity index (χ0) is 12.8. The number of amides is 1. The Balaban J connectivity index is 0.00000289. The molecule has 0 fully saturated rings. The van der Waals surface area contributed by atoms with Crippen LogP contribution >= 0.6 is 24.0 Å². The number of halogens is 1. The predicted octanol–water partition coefficient (Wildman–Crippen LogP) is 1.43. The molecule has 0 aromatic heterocycles. The van der Waals surface area contributed by atoms with Gasteiger partial charge in [0.1, 0.15) is 6.54 Å². The number of hydrogen-bond donors (Lipinski definition) is 2. The van der Waals surface area contributed by atoms with Gasteiger partial charge in [0.25, 0.3) is 0 Å². The average Bonchev–Trinajstić information content (AvgIpc) is 2.29. The summed E-state index contributed by atoms with van der Waals surface area (Å²) >= 11 is 0. The molecular weight excluding hydrogens is 343 g/mol. The first-order valence-electron chi connectivity index (χ1n) is 5.33. The standard InChI is InChI=1S/C12H18N4O.HI/c1-9-4-6-10(7-5-9)15-12(13)14-8-11(17)16(2)3;/h4-7H,8H2,1-3H3,(H3,13,14,15);1H. The van der Waals surface area contributed by atoms with Gasteiger partial charge in [-0.25, -0.2) is 4.99 Å². The number of anilines is 1. The molecule has 0 heterocycles. The van der Waals surface area contributed by atoms with Crippen LogP contribution < -0.4 is 11.1 Å². The third-order valence-corrected chi connectivity index (χ3v) is 2.21. The Kier molecular flexibility index (Phi) is 7.33. The third kappa shape index (κ3) is 5.85. The molecule has 0 saturated heterocycles. The number of aryl methyl sites for hydroxylation is 1. The second-order valence-electron chi connectivity index (χ2n) is 3.98. The van der Waals surface area contributed by atoms with Gasteiger partial charge in [-0.3, -0.25) is 4.79 Å². The van der Waals surface area contributed by atoms with Crippen molar-refractivity contribution in [3.05, 3.63) is 29.8 Å². The number of likely N-dealkylation sites (N-methyl/N-ethyl adjacent to an activating group) is 1. The lowest BCUT2D eigenvalue weighted by Gasteiger charge is -2.09. The van der Waals surface area contributed by atoms with Gasteiger partial charge in [-0.05, 0) is 19.1 Å². The highest BCUT2D eigenvalue weighted by Gasteiger charge is 2.02. The Hall–Kier alpha value is -1.31. The fourth-order valence-electron chi connectivity index (χ4n) is 1.12. The largest absolute Gasteiger partial charge is 0.370 e. The van der Waals surface area contributed by atoms with E-state index in [1.807, 2.05) is 31.2 Å². The number of hydrogen-bond acceptors (Lipinski definition) is 2. The van der Waals surface area contributed by atoms with Crippen molar-refractivity contribution < 1.29 is 4.79 Å². The van der Waals surface area contributed by atoms with Crippen LogP contribution in [-0.2, 0) is 4.79 Å². The number of carbonyl (C=O) groups is 1. The van der Waals surface area contributed by atoms with Gasteiger partial charge < -0.3 is 16.0 Å². The molecule has 18 heavy (non-hydrogen) atoms. The minimum Gasteiger partial charge on any atom is -0.370 e. The summed E-state index contributed by atoms with van der Waals surface area (Å²) in [7, 11) is 3.36. The van der Waals surface area contributed by atoms with Crippen molar-refractivity contribution in [2.24, 2.45) is 10.7 Å². The number of aliphatic imine (C=N–C) groups is 1. The molecule has 0 radical (unpaired) electrons. The lowest BCUT2D eigenvalue weighted by molar-refractivity contribution is -0.127. The van der Waals surface area contributed by atoms with Gasteiger partial charge in [0.15, 0.2) is 5.96 Å². The van der Waals surface area contributed by atoms with Gasteiger partial charge >= 0.3 is 0 Å². The third-order valence-electron chi connectivity index (χ3n) is 2.21. The maximum Gasteiger partial charge on any atom is 0.243 e. The molecule has 0 bridgehead atoms. The van der Waals surface area contributed by atoms with Gasteiger partial charge in [0, 0.05) is 19.8 Å². The normalized spacial score (nSPS) is 10.5. The Morgan fingerprint density at radius 2 is 1.89 bits per heavy atom. The second-order valence-corrected chi connectivity index (χ2v) is 3.98. The van der Waals surface area contributed by atoms with Crippen LogP contribution in [0.15, 0.2) is 29.3 Å². The molecule has 0 aliphatic heterocycles. The summed E-state index contributed by atoms with van der Waals surface area (Å²) in [6.07, 6.45) is 0. The summed E-state index contributed by atoms with van der Waals surface area (Å²) in [5, 5.41) is 2.92. The van der Waals surface area contributed by atoms with E-state index in [1.54, 1.807) is 14.1 Å². The zero-order valence-electron chi connectivity index (χ0n) is 10.8. The second kappa shape index (κ2) is 7.91. The highest BCUT2D eigenvalue weighted by Crippen LogP contribution is 2.07. The van der Waals surface area contributed by atoms with E-state index in [4.69, 9.17) is 5.73 Å². The summed E-state index contributed by atoms with van der Waals surface area (Å²) in [4.78, 5) is 16.7. The Morgan fingerprint density at radius 3 is 2.39 bits per heavy atom. The molecule has 0 aliphatic carbocycles. The van der Waals surface area contributed by atoms with Crippen LogP contribution in [0.5, 0.6) is 0 Å². The van der Waals surface area contributed by atoms with E-state index in [1.165, 1.54) is 10.5 Å². The van der Waals surface area contributed by atoms with Crippen LogP contribution in [0, 0.1) is 6.92 Å². The average molecular weight is 362 g/mol. The van der Waals surface area contributed by atoms with Gasteiger partial charge in [0.05, 0.1) is 0 Å². The summed E-state index contributed by atoms with van der Waals surface area (Å²) < 4.78 is 0. The molecule has 0 unspecified atom stereocenters. The Bertz CT molecular complexity index is 415. The van der Waals surface area contributed by atoms with Crippen molar-refractivity contribution in [3.63, 3.8) is 0 Å². The number of nitrogens with zero attached hydrogens (tertiary/aromatic N) is 2. The number of benzene rings is 1. The van der Waals surface area contributed by atoms with Crippen molar-refractivity contribution >= 4 is 41.5 Å². The van der Waals surface area contributed by atoms with E-state index in [0.29, 0.717) is 0 Å². The highest BCUT2D eigenvalue weighted by molar-refractivity contribution is 14.0. The van der Waals surface area contributed by atoms with Crippen LogP contribution in [-0.4, -0.2) is 37.4 Å². The molecule has 0 atom stereocenters. The van der Waals surface area contributed by atoms with Crippen LogP contribution in [0.4, 0.5) is 5.69 Å². The molecule has 1 aromatic carbocycles. The molecule has 1 aromatic rings. The number of rotatable bonds is 3. The zero-order valence-corrected chi connectivity index (χ0v) is 13.1. The maximum atomic E-state index is 11.3. The molecule has 0 spiro atoms. The molecule has 1 amide bonds. The summed E-state index contributed by atoms with van der Waals surface area (Å²) in [5.41, 5.74) is 7.69. The van der Waals surface area contributed by atoms with Crippen molar-refractivity contribution in [1.29, 1.82) is 0 Å².